The number of hydrogen-bond acceptors (Lipinski definition) is 7. The molecule has 1 aliphatic rings. The molecule has 0 amide bonds. The average molecular weight is 542 g/mol. The minimum absolute atomic E-state index is 0.0981. The van der Waals surface area contributed by atoms with Crippen molar-refractivity contribution in [1.82, 2.24) is 15.0 Å². The molecule has 1 saturated carbocycles. The molecule has 6 nitrogen and oxygen atoms in total. The summed E-state index contributed by atoms with van der Waals surface area (Å²) >= 11 is 1.56. The van der Waals surface area contributed by atoms with E-state index in [1.807, 2.05) is 31.2 Å². The van der Waals surface area contributed by atoms with Crippen LogP contribution in [0.15, 0.2) is 48.5 Å². The number of alkyl halides is 3. The number of aliphatic hydroxyl groups is 1. The van der Waals surface area contributed by atoms with E-state index in [-0.39, 0.29) is 25.1 Å². The molecule has 2 aromatic carbocycles. The van der Waals surface area contributed by atoms with Crippen LogP contribution in [0, 0.1) is 24.7 Å². The molecule has 5 rings (SSSR count). The highest BCUT2D eigenvalue weighted by Gasteiger charge is 2.38. The van der Waals surface area contributed by atoms with Crippen molar-refractivity contribution < 1.29 is 18.3 Å². The second kappa shape index (κ2) is 10.5. The second-order valence-electron chi connectivity index (χ2n) is 10.0. The fourth-order valence-electron chi connectivity index (χ4n) is 5.19. The number of aryl methyl sites for hydroxylation is 1. The van der Waals surface area contributed by atoms with E-state index >= 15 is 0 Å². The highest BCUT2D eigenvalue weighted by molar-refractivity contribution is 7.21. The molecular formula is C28H30F3N5OS. The van der Waals surface area contributed by atoms with Crippen molar-refractivity contribution in [2.45, 2.75) is 46.0 Å². The average Bonchev–Trinajstić information content (AvgIpc) is 3.43. The van der Waals surface area contributed by atoms with Gasteiger partial charge < -0.3 is 15.7 Å². The Kier molecular flexibility index (Phi) is 7.28. The first kappa shape index (κ1) is 26.4. The molecule has 2 heterocycles. The van der Waals surface area contributed by atoms with Gasteiger partial charge in [0.25, 0.3) is 0 Å². The summed E-state index contributed by atoms with van der Waals surface area (Å²) in [4.78, 5) is 14.3. The van der Waals surface area contributed by atoms with Crippen LogP contribution in [0.1, 0.15) is 37.1 Å². The van der Waals surface area contributed by atoms with Crippen LogP contribution in [-0.4, -0.2) is 32.7 Å². The number of rotatable bonds is 7. The van der Waals surface area contributed by atoms with E-state index in [2.05, 4.69) is 29.5 Å². The van der Waals surface area contributed by atoms with E-state index < -0.39 is 11.7 Å². The number of thiazole rings is 1. The van der Waals surface area contributed by atoms with Crippen molar-refractivity contribution in [2.75, 3.05) is 17.2 Å². The summed E-state index contributed by atoms with van der Waals surface area (Å²) in [5.41, 5.74) is 2.21. The van der Waals surface area contributed by atoms with E-state index in [9.17, 15) is 18.3 Å². The zero-order valence-electron chi connectivity index (χ0n) is 21.4. The molecule has 1 fully saturated rings. The van der Waals surface area contributed by atoms with Gasteiger partial charge in [-0.3, -0.25) is 0 Å². The summed E-state index contributed by atoms with van der Waals surface area (Å²) in [5, 5.41) is 17.4. The van der Waals surface area contributed by atoms with Crippen LogP contribution >= 0.6 is 11.3 Å². The van der Waals surface area contributed by atoms with Crippen LogP contribution in [-0.2, 0) is 12.7 Å². The SMILES string of the molecule is Cc1nc(NCc2cccc(C(F)(F)F)c2)nc(N[C@@H]2C[C@H](CO)[C@@H](C)[C@H]2C)c1-c1nc2ccccc2s1. The van der Waals surface area contributed by atoms with E-state index in [0.717, 1.165) is 39.3 Å². The third-order valence-electron chi connectivity index (χ3n) is 7.62. The Bertz CT molecular complexity index is 1410. The van der Waals surface area contributed by atoms with Crippen LogP contribution in [0.5, 0.6) is 0 Å². The molecule has 4 aromatic rings. The molecule has 3 N–H and O–H groups in total. The highest BCUT2D eigenvalue weighted by Crippen LogP contribution is 2.41. The summed E-state index contributed by atoms with van der Waals surface area (Å²) < 4.78 is 40.5. The first-order valence-corrected chi connectivity index (χ1v) is 13.5. The largest absolute Gasteiger partial charge is 0.416 e. The van der Waals surface area contributed by atoms with Gasteiger partial charge in [-0.15, -0.1) is 11.3 Å². The fraction of sp³-hybridized carbons (Fsp3) is 0.393. The Hall–Kier alpha value is -3.24. The number of aliphatic hydroxyl groups excluding tert-OH is 1. The van der Waals surface area contributed by atoms with Crippen molar-refractivity contribution >= 4 is 33.3 Å². The molecule has 0 unspecified atom stereocenters. The molecule has 1 aliphatic carbocycles. The van der Waals surface area contributed by atoms with Crippen LogP contribution < -0.4 is 10.6 Å². The van der Waals surface area contributed by atoms with Gasteiger partial charge >= 0.3 is 6.18 Å². The van der Waals surface area contributed by atoms with Gasteiger partial charge in [-0.2, -0.15) is 18.2 Å². The Balaban J connectivity index is 1.49. The van der Waals surface area contributed by atoms with Gasteiger partial charge in [0, 0.05) is 19.2 Å². The number of nitrogens with one attached hydrogen (secondary N) is 2. The molecule has 0 spiro atoms. The second-order valence-corrected chi connectivity index (χ2v) is 11.1. The Morgan fingerprint density at radius 1 is 1.03 bits per heavy atom. The number of hydrogen-bond donors (Lipinski definition) is 3. The fourth-order valence-corrected chi connectivity index (χ4v) is 6.25. The number of halogens is 3. The predicted molar refractivity (Wildman–Crippen MR) is 145 cm³/mol. The molecule has 200 valence electrons. The third-order valence-corrected chi connectivity index (χ3v) is 8.68. The standard InChI is InChI=1S/C28H30F3N5OS/c1-15-16(2)22(12-19(15)14-37)34-25-24(26-35-21-9-4-5-10-23(21)38-26)17(3)33-27(36-25)32-13-18-7-6-8-20(11-18)28(29,30)31/h4-11,15-16,19,22,37H,12-14H2,1-3H3,(H2,32,33,34,36)/t15-,16+,19+,22+/m0/s1. The summed E-state index contributed by atoms with van der Waals surface area (Å²) in [7, 11) is 0. The van der Waals surface area contributed by atoms with Gasteiger partial charge in [-0.1, -0.05) is 38.1 Å². The number of anilines is 2. The van der Waals surface area contributed by atoms with Gasteiger partial charge in [0.15, 0.2) is 0 Å². The zero-order chi connectivity index (χ0) is 27.0. The van der Waals surface area contributed by atoms with Crippen molar-refractivity contribution in [3.8, 4) is 10.6 Å². The maximum absolute atomic E-state index is 13.2. The van der Waals surface area contributed by atoms with Crippen LogP contribution in [0.4, 0.5) is 24.9 Å². The molecule has 0 radical (unpaired) electrons. The number of fused-ring (bicyclic) bond motifs is 1. The highest BCUT2D eigenvalue weighted by atomic mass is 32.1. The minimum atomic E-state index is -4.40. The summed E-state index contributed by atoms with van der Waals surface area (Å²) in [6.07, 6.45) is -3.59. The molecule has 0 saturated heterocycles. The number of aromatic nitrogens is 3. The summed E-state index contributed by atoms with van der Waals surface area (Å²) in [5.74, 6) is 1.82. The van der Waals surface area contributed by atoms with Gasteiger partial charge in [-0.05, 0) is 60.9 Å². The van der Waals surface area contributed by atoms with Crippen molar-refractivity contribution in [3.63, 3.8) is 0 Å². The van der Waals surface area contributed by atoms with E-state index in [0.29, 0.717) is 34.9 Å². The van der Waals surface area contributed by atoms with E-state index in [1.165, 1.54) is 6.07 Å². The summed E-state index contributed by atoms with van der Waals surface area (Å²) in [6.45, 7) is 6.51. The lowest BCUT2D eigenvalue weighted by Gasteiger charge is -2.22. The number of nitrogens with zero attached hydrogens (tertiary/aromatic N) is 3. The van der Waals surface area contributed by atoms with Crippen LogP contribution in [0.3, 0.4) is 0 Å². The zero-order valence-corrected chi connectivity index (χ0v) is 22.2. The van der Waals surface area contributed by atoms with Gasteiger partial charge in [0.1, 0.15) is 10.8 Å². The maximum atomic E-state index is 13.2. The Morgan fingerprint density at radius 3 is 2.53 bits per heavy atom. The topological polar surface area (TPSA) is 83.0 Å². The molecule has 4 atom stereocenters. The molecule has 0 aliphatic heterocycles. The molecule has 2 aromatic heterocycles. The first-order chi connectivity index (χ1) is 18.1. The van der Waals surface area contributed by atoms with Gasteiger partial charge in [0.05, 0.1) is 27.0 Å². The van der Waals surface area contributed by atoms with E-state index in [1.54, 1.807) is 17.4 Å². The molecule has 0 bridgehead atoms. The third kappa shape index (κ3) is 5.33. The lowest BCUT2D eigenvalue weighted by Crippen LogP contribution is -2.25. The first-order valence-electron chi connectivity index (χ1n) is 12.7. The number of benzene rings is 2. The summed E-state index contributed by atoms with van der Waals surface area (Å²) in [6, 6.07) is 13.2. The monoisotopic (exact) mass is 541 g/mol. The minimum Gasteiger partial charge on any atom is -0.396 e. The van der Waals surface area contributed by atoms with Crippen LogP contribution in [0.25, 0.3) is 20.8 Å². The van der Waals surface area contributed by atoms with Gasteiger partial charge in [0.2, 0.25) is 5.95 Å². The molecule has 38 heavy (non-hydrogen) atoms. The normalized spacial score (nSPS) is 21.7. The quantitative estimate of drug-likeness (QED) is 0.240. The molecule has 10 heteroatoms. The number of para-hydroxylation sites is 1. The van der Waals surface area contributed by atoms with Crippen molar-refractivity contribution in [3.05, 3.63) is 65.4 Å². The smallest absolute Gasteiger partial charge is 0.396 e. The van der Waals surface area contributed by atoms with Crippen molar-refractivity contribution in [1.29, 1.82) is 0 Å². The Labute approximate surface area is 223 Å². The van der Waals surface area contributed by atoms with Crippen molar-refractivity contribution in [2.24, 2.45) is 17.8 Å². The lowest BCUT2D eigenvalue weighted by atomic mass is 9.92. The maximum Gasteiger partial charge on any atom is 0.416 e. The molecular weight excluding hydrogens is 511 g/mol. The van der Waals surface area contributed by atoms with E-state index in [4.69, 9.17) is 9.97 Å². The van der Waals surface area contributed by atoms with Gasteiger partial charge in [-0.25, -0.2) is 9.97 Å². The predicted octanol–water partition coefficient (Wildman–Crippen LogP) is 6.76. The lowest BCUT2D eigenvalue weighted by molar-refractivity contribution is -0.137. The van der Waals surface area contributed by atoms with Crippen LogP contribution in [0.2, 0.25) is 0 Å². The Morgan fingerprint density at radius 2 is 1.82 bits per heavy atom.